The van der Waals surface area contributed by atoms with Crippen molar-refractivity contribution in [1.82, 2.24) is 9.78 Å². The third kappa shape index (κ3) is 2.66. The second-order valence-electron chi connectivity index (χ2n) is 4.11. The van der Waals surface area contributed by atoms with E-state index < -0.39 is 5.97 Å². The van der Waals surface area contributed by atoms with Crippen molar-refractivity contribution in [3.8, 4) is 5.69 Å². The number of benzene rings is 1. The number of hydrogen-bond acceptors (Lipinski definition) is 2. The molecule has 0 atom stereocenters. The van der Waals surface area contributed by atoms with Gasteiger partial charge in [0.05, 0.1) is 11.4 Å². The Labute approximate surface area is 105 Å². The van der Waals surface area contributed by atoms with Crippen LogP contribution < -0.4 is 0 Å². The normalized spacial score (nSPS) is 11.0. The van der Waals surface area contributed by atoms with Gasteiger partial charge in [-0.15, -0.1) is 0 Å². The van der Waals surface area contributed by atoms with E-state index in [-0.39, 0.29) is 0 Å². The summed E-state index contributed by atoms with van der Waals surface area (Å²) in [6.45, 7) is 3.88. The summed E-state index contributed by atoms with van der Waals surface area (Å²) in [7, 11) is 0. The van der Waals surface area contributed by atoms with Gasteiger partial charge in [0.15, 0.2) is 0 Å². The highest BCUT2D eigenvalue weighted by Gasteiger charge is 2.01. The van der Waals surface area contributed by atoms with Gasteiger partial charge in [0.25, 0.3) is 0 Å². The van der Waals surface area contributed by atoms with Crippen LogP contribution in [0.15, 0.2) is 36.5 Å². The van der Waals surface area contributed by atoms with Crippen LogP contribution >= 0.6 is 0 Å². The quantitative estimate of drug-likeness (QED) is 0.842. The number of aromatic nitrogens is 2. The maximum Gasteiger partial charge on any atom is 0.328 e. The molecule has 0 aliphatic rings. The van der Waals surface area contributed by atoms with Gasteiger partial charge in [-0.3, -0.25) is 0 Å². The molecular formula is C14H14N2O2. The molecule has 0 radical (unpaired) electrons. The molecule has 2 aromatic rings. The van der Waals surface area contributed by atoms with Crippen LogP contribution in [-0.4, -0.2) is 20.9 Å². The summed E-state index contributed by atoms with van der Waals surface area (Å²) in [5.74, 6) is -0.943. The molecule has 0 fully saturated rings. The van der Waals surface area contributed by atoms with Gasteiger partial charge in [0.2, 0.25) is 0 Å². The molecule has 2 rings (SSSR count). The van der Waals surface area contributed by atoms with Crippen LogP contribution in [0.1, 0.15) is 16.8 Å². The predicted octanol–water partition coefficient (Wildman–Crippen LogP) is 2.59. The molecule has 0 saturated heterocycles. The van der Waals surface area contributed by atoms with Crippen molar-refractivity contribution in [2.75, 3.05) is 0 Å². The van der Waals surface area contributed by atoms with E-state index in [1.807, 2.05) is 44.3 Å². The smallest absolute Gasteiger partial charge is 0.328 e. The number of hydrogen-bond donors (Lipinski definition) is 1. The van der Waals surface area contributed by atoms with E-state index in [9.17, 15) is 4.79 Å². The Bertz CT molecular complexity index is 612. The van der Waals surface area contributed by atoms with Crippen LogP contribution in [0.2, 0.25) is 0 Å². The van der Waals surface area contributed by atoms with Crippen LogP contribution in [0, 0.1) is 13.8 Å². The van der Waals surface area contributed by atoms with Gasteiger partial charge < -0.3 is 5.11 Å². The summed E-state index contributed by atoms with van der Waals surface area (Å²) >= 11 is 0. The zero-order valence-corrected chi connectivity index (χ0v) is 10.3. The largest absolute Gasteiger partial charge is 0.478 e. The van der Waals surface area contributed by atoms with Crippen molar-refractivity contribution < 1.29 is 9.90 Å². The van der Waals surface area contributed by atoms with E-state index in [2.05, 4.69) is 5.10 Å². The van der Waals surface area contributed by atoms with Gasteiger partial charge in [-0.25, -0.2) is 9.48 Å². The Balaban J connectivity index is 2.33. The molecule has 0 unspecified atom stereocenters. The first-order valence-corrected chi connectivity index (χ1v) is 5.60. The van der Waals surface area contributed by atoms with Crippen molar-refractivity contribution in [3.05, 3.63) is 53.4 Å². The van der Waals surface area contributed by atoms with Crippen molar-refractivity contribution in [3.63, 3.8) is 0 Å². The van der Waals surface area contributed by atoms with E-state index in [0.29, 0.717) is 0 Å². The molecule has 18 heavy (non-hydrogen) atoms. The van der Waals surface area contributed by atoms with Gasteiger partial charge in [0, 0.05) is 12.3 Å². The Kier molecular flexibility index (Phi) is 3.28. The van der Waals surface area contributed by atoms with Gasteiger partial charge in [-0.1, -0.05) is 6.07 Å². The number of carbonyl (C=O) groups is 1. The molecule has 0 spiro atoms. The average Bonchev–Trinajstić information content (AvgIpc) is 2.74. The fourth-order valence-corrected chi connectivity index (χ4v) is 1.71. The number of rotatable bonds is 3. The SMILES string of the molecule is Cc1ccn(-c2ccc(/C=C/C(=O)O)c(C)c2)n1. The number of nitrogens with zero attached hydrogens (tertiary/aromatic N) is 2. The van der Waals surface area contributed by atoms with Crippen LogP contribution in [0.4, 0.5) is 0 Å². The molecule has 4 nitrogen and oxygen atoms in total. The summed E-state index contributed by atoms with van der Waals surface area (Å²) in [5.41, 5.74) is 3.83. The van der Waals surface area contributed by atoms with Crippen molar-refractivity contribution in [1.29, 1.82) is 0 Å². The lowest BCUT2D eigenvalue weighted by Gasteiger charge is -2.05. The standard InChI is InChI=1S/C14H14N2O2/c1-10-9-13(16-8-7-11(2)15-16)5-3-12(10)4-6-14(17)18/h3-9H,1-2H3,(H,17,18)/b6-4+. The molecule has 1 aromatic heterocycles. The van der Waals surface area contributed by atoms with E-state index in [0.717, 1.165) is 28.6 Å². The fourth-order valence-electron chi connectivity index (χ4n) is 1.71. The third-order valence-electron chi connectivity index (χ3n) is 2.65. The minimum absolute atomic E-state index is 0.894. The third-order valence-corrected chi connectivity index (χ3v) is 2.65. The minimum Gasteiger partial charge on any atom is -0.478 e. The summed E-state index contributed by atoms with van der Waals surface area (Å²) in [4.78, 5) is 10.5. The molecule has 0 bridgehead atoms. The lowest BCUT2D eigenvalue weighted by atomic mass is 10.1. The van der Waals surface area contributed by atoms with E-state index in [1.165, 1.54) is 0 Å². The lowest BCUT2D eigenvalue weighted by Crippen LogP contribution is -1.96. The first-order chi connectivity index (χ1) is 8.56. The van der Waals surface area contributed by atoms with E-state index >= 15 is 0 Å². The minimum atomic E-state index is -0.943. The number of aliphatic carboxylic acids is 1. The Morgan fingerprint density at radius 2 is 2.11 bits per heavy atom. The monoisotopic (exact) mass is 242 g/mol. The highest BCUT2D eigenvalue weighted by atomic mass is 16.4. The average molecular weight is 242 g/mol. The second-order valence-corrected chi connectivity index (χ2v) is 4.11. The van der Waals surface area contributed by atoms with Gasteiger partial charge in [-0.2, -0.15) is 5.10 Å². The summed E-state index contributed by atoms with van der Waals surface area (Å²) in [5, 5.41) is 12.9. The van der Waals surface area contributed by atoms with Crippen molar-refractivity contribution in [2.45, 2.75) is 13.8 Å². The zero-order valence-electron chi connectivity index (χ0n) is 10.3. The molecule has 1 N–H and O–H groups in total. The maximum atomic E-state index is 10.5. The molecule has 0 aliphatic carbocycles. The van der Waals surface area contributed by atoms with Crippen LogP contribution in [0.25, 0.3) is 11.8 Å². The number of aryl methyl sites for hydroxylation is 2. The first-order valence-electron chi connectivity index (χ1n) is 5.60. The van der Waals surface area contributed by atoms with E-state index in [4.69, 9.17) is 5.11 Å². The molecule has 1 heterocycles. The molecular weight excluding hydrogens is 228 g/mol. The van der Waals surface area contributed by atoms with Crippen molar-refractivity contribution >= 4 is 12.0 Å². The molecule has 92 valence electrons. The van der Waals surface area contributed by atoms with Gasteiger partial charge in [-0.05, 0) is 49.2 Å². The van der Waals surface area contributed by atoms with Crippen LogP contribution in [-0.2, 0) is 4.79 Å². The van der Waals surface area contributed by atoms with Crippen LogP contribution in [0.3, 0.4) is 0 Å². The zero-order chi connectivity index (χ0) is 13.1. The van der Waals surface area contributed by atoms with E-state index in [1.54, 1.807) is 10.8 Å². The van der Waals surface area contributed by atoms with Crippen molar-refractivity contribution in [2.24, 2.45) is 0 Å². The maximum absolute atomic E-state index is 10.5. The lowest BCUT2D eigenvalue weighted by molar-refractivity contribution is -0.131. The molecule has 1 aromatic carbocycles. The molecule has 0 saturated carbocycles. The first kappa shape index (κ1) is 12.1. The predicted molar refractivity (Wildman–Crippen MR) is 69.7 cm³/mol. The Morgan fingerprint density at radius 1 is 1.33 bits per heavy atom. The summed E-state index contributed by atoms with van der Waals surface area (Å²) in [6, 6.07) is 7.73. The summed E-state index contributed by atoms with van der Waals surface area (Å²) < 4.78 is 1.80. The topological polar surface area (TPSA) is 55.1 Å². The highest BCUT2D eigenvalue weighted by Crippen LogP contribution is 2.15. The Hall–Kier alpha value is -2.36. The second kappa shape index (κ2) is 4.87. The van der Waals surface area contributed by atoms with Gasteiger partial charge in [0.1, 0.15) is 0 Å². The van der Waals surface area contributed by atoms with Crippen LogP contribution in [0.5, 0.6) is 0 Å². The van der Waals surface area contributed by atoms with Gasteiger partial charge >= 0.3 is 5.97 Å². The molecule has 4 heteroatoms. The Morgan fingerprint density at radius 3 is 2.67 bits per heavy atom. The highest BCUT2D eigenvalue weighted by molar-refractivity contribution is 5.85. The molecule has 0 amide bonds. The summed E-state index contributed by atoms with van der Waals surface area (Å²) in [6.07, 6.45) is 4.63. The fraction of sp³-hybridized carbons (Fsp3) is 0.143. The number of carboxylic acids is 1. The number of carboxylic acid groups (broad SMARTS) is 1. The molecule has 0 aliphatic heterocycles.